The third-order valence-corrected chi connectivity index (χ3v) is 4.45. The van der Waals surface area contributed by atoms with Gasteiger partial charge in [0.05, 0.1) is 0 Å². The Labute approximate surface area is 130 Å². The summed E-state index contributed by atoms with van der Waals surface area (Å²) in [6.45, 7) is 1.40. The van der Waals surface area contributed by atoms with E-state index in [2.05, 4.69) is 14.7 Å². The van der Waals surface area contributed by atoms with Crippen molar-refractivity contribution in [3.8, 4) is 0 Å². The van der Waals surface area contributed by atoms with Crippen LogP contribution in [-0.4, -0.2) is 18.4 Å². The molecule has 112 valence electrons. The quantitative estimate of drug-likeness (QED) is 0.654. The predicted octanol–water partition coefficient (Wildman–Crippen LogP) is 2.61. The smallest absolute Gasteiger partial charge is 0.265 e. The average molecular weight is 351 g/mol. The number of halogens is 3. The summed E-state index contributed by atoms with van der Waals surface area (Å²) in [7, 11) is -4.29. The number of nitrogens with two attached hydrogens (primary N) is 1. The standard InChI is InChI=1S/C11H9Cl2FN4O2S/c1-5-2-6(15)3-7(8(5)14)21(19,20)18-9-10(12)16-4-17-11(9)13/h2-4,18H,15H2,1H3. The minimum Gasteiger partial charge on any atom is -0.399 e. The molecule has 0 saturated carbocycles. The van der Waals surface area contributed by atoms with Gasteiger partial charge in [-0.3, -0.25) is 4.72 Å². The van der Waals surface area contributed by atoms with Gasteiger partial charge in [0.2, 0.25) is 0 Å². The maximum absolute atomic E-state index is 14.0. The van der Waals surface area contributed by atoms with Crippen molar-refractivity contribution in [3.05, 3.63) is 40.1 Å². The SMILES string of the molecule is Cc1cc(N)cc(S(=O)(=O)Nc2c(Cl)ncnc2Cl)c1F. The Hall–Kier alpha value is -1.64. The van der Waals surface area contributed by atoms with Crippen molar-refractivity contribution in [1.82, 2.24) is 9.97 Å². The summed E-state index contributed by atoms with van der Waals surface area (Å²) < 4.78 is 40.6. The number of aromatic nitrogens is 2. The Bertz CT molecular complexity index is 794. The summed E-state index contributed by atoms with van der Waals surface area (Å²) in [4.78, 5) is 6.58. The molecule has 2 rings (SSSR count). The van der Waals surface area contributed by atoms with Gasteiger partial charge in [0.25, 0.3) is 10.0 Å². The molecule has 3 N–H and O–H groups in total. The molecular weight excluding hydrogens is 342 g/mol. The minimum atomic E-state index is -4.29. The van der Waals surface area contributed by atoms with Crippen molar-refractivity contribution in [2.24, 2.45) is 0 Å². The highest BCUT2D eigenvalue weighted by Crippen LogP contribution is 2.30. The molecule has 10 heteroatoms. The fourth-order valence-corrected chi connectivity index (χ4v) is 3.36. The number of anilines is 2. The molecule has 0 aliphatic carbocycles. The van der Waals surface area contributed by atoms with Crippen molar-refractivity contribution in [2.75, 3.05) is 10.5 Å². The van der Waals surface area contributed by atoms with Crippen LogP contribution in [0, 0.1) is 12.7 Å². The molecule has 0 aliphatic rings. The number of hydrogen-bond donors (Lipinski definition) is 2. The first-order valence-corrected chi connectivity index (χ1v) is 7.70. The van der Waals surface area contributed by atoms with E-state index in [1.165, 1.54) is 13.0 Å². The van der Waals surface area contributed by atoms with E-state index in [0.717, 1.165) is 12.4 Å². The molecular formula is C11H9Cl2FN4O2S. The van der Waals surface area contributed by atoms with E-state index < -0.39 is 20.7 Å². The fraction of sp³-hybridized carbons (Fsp3) is 0.0909. The van der Waals surface area contributed by atoms with E-state index in [1.54, 1.807) is 0 Å². The lowest BCUT2D eigenvalue weighted by Crippen LogP contribution is -2.16. The van der Waals surface area contributed by atoms with Crippen LogP contribution in [-0.2, 0) is 10.0 Å². The monoisotopic (exact) mass is 350 g/mol. The van der Waals surface area contributed by atoms with Gasteiger partial charge in [-0.2, -0.15) is 0 Å². The molecule has 0 spiro atoms. The topological polar surface area (TPSA) is 98.0 Å². The highest BCUT2D eigenvalue weighted by Gasteiger charge is 2.24. The zero-order chi connectivity index (χ0) is 15.8. The molecule has 0 atom stereocenters. The number of sulfonamides is 1. The molecule has 6 nitrogen and oxygen atoms in total. The molecule has 1 aromatic carbocycles. The molecule has 0 fully saturated rings. The average Bonchev–Trinajstić information content (AvgIpc) is 2.38. The van der Waals surface area contributed by atoms with Crippen molar-refractivity contribution < 1.29 is 12.8 Å². The van der Waals surface area contributed by atoms with E-state index in [-0.39, 0.29) is 27.2 Å². The number of nitrogens with one attached hydrogen (secondary N) is 1. The molecule has 0 aliphatic heterocycles. The second-order valence-electron chi connectivity index (χ2n) is 4.09. The van der Waals surface area contributed by atoms with Gasteiger partial charge in [0.15, 0.2) is 10.3 Å². The van der Waals surface area contributed by atoms with Gasteiger partial charge in [-0.25, -0.2) is 22.8 Å². The summed E-state index contributed by atoms with van der Waals surface area (Å²) in [5, 5.41) is -0.417. The lowest BCUT2D eigenvalue weighted by molar-refractivity contribution is 0.565. The van der Waals surface area contributed by atoms with Crippen molar-refractivity contribution >= 4 is 44.6 Å². The number of rotatable bonds is 3. The van der Waals surface area contributed by atoms with Gasteiger partial charge in [0.1, 0.15) is 22.7 Å². The molecule has 0 radical (unpaired) electrons. The first-order chi connectivity index (χ1) is 9.72. The van der Waals surface area contributed by atoms with E-state index in [4.69, 9.17) is 28.9 Å². The van der Waals surface area contributed by atoms with Crippen LogP contribution in [0.2, 0.25) is 10.3 Å². The zero-order valence-electron chi connectivity index (χ0n) is 10.6. The minimum absolute atomic E-state index is 0.0943. The van der Waals surface area contributed by atoms with Gasteiger partial charge in [-0.1, -0.05) is 23.2 Å². The summed E-state index contributed by atoms with van der Waals surface area (Å²) in [5.41, 5.74) is 5.51. The highest BCUT2D eigenvalue weighted by molar-refractivity contribution is 7.92. The summed E-state index contributed by atoms with van der Waals surface area (Å²) >= 11 is 11.5. The van der Waals surface area contributed by atoms with Crippen LogP contribution in [0.3, 0.4) is 0 Å². The van der Waals surface area contributed by atoms with Crippen molar-refractivity contribution in [3.63, 3.8) is 0 Å². The fourth-order valence-electron chi connectivity index (χ4n) is 1.58. The molecule has 0 unspecified atom stereocenters. The largest absolute Gasteiger partial charge is 0.399 e. The zero-order valence-corrected chi connectivity index (χ0v) is 12.9. The van der Waals surface area contributed by atoms with E-state index in [1.807, 2.05) is 0 Å². The maximum atomic E-state index is 14.0. The van der Waals surface area contributed by atoms with Crippen molar-refractivity contribution in [2.45, 2.75) is 11.8 Å². The van der Waals surface area contributed by atoms with Crippen LogP contribution in [0.4, 0.5) is 15.8 Å². The van der Waals surface area contributed by atoms with Gasteiger partial charge >= 0.3 is 0 Å². The summed E-state index contributed by atoms with van der Waals surface area (Å²) in [6, 6.07) is 2.32. The van der Waals surface area contributed by atoms with Crippen molar-refractivity contribution in [1.29, 1.82) is 0 Å². The first-order valence-electron chi connectivity index (χ1n) is 5.47. The summed E-state index contributed by atoms with van der Waals surface area (Å²) in [6.07, 6.45) is 1.06. The first kappa shape index (κ1) is 15.7. The second-order valence-corrected chi connectivity index (χ2v) is 6.45. The van der Waals surface area contributed by atoms with Gasteiger partial charge < -0.3 is 5.73 Å². The van der Waals surface area contributed by atoms with Crippen LogP contribution < -0.4 is 10.5 Å². The number of aryl methyl sites for hydroxylation is 1. The molecule has 0 amide bonds. The normalized spacial score (nSPS) is 11.4. The second kappa shape index (κ2) is 5.63. The predicted molar refractivity (Wildman–Crippen MR) is 78.4 cm³/mol. The number of hydrogen-bond acceptors (Lipinski definition) is 5. The molecule has 1 aromatic heterocycles. The Kier molecular flexibility index (Phi) is 4.22. The van der Waals surface area contributed by atoms with E-state index in [9.17, 15) is 12.8 Å². The van der Waals surface area contributed by atoms with Crippen LogP contribution in [0.5, 0.6) is 0 Å². The lowest BCUT2D eigenvalue weighted by atomic mass is 10.2. The van der Waals surface area contributed by atoms with Gasteiger partial charge in [-0.05, 0) is 24.6 Å². The highest BCUT2D eigenvalue weighted by atomic mass is 35.5. The molecule has 1 heterocycles. The Balaban J connectivity index is 2.54. The summed E-state index contributed by atoms with van der Waals surface area (Å²) in [5.74, 6) is -0.916. The maximum Gasteiger partial charge on any atom is 0.265 e. The molecule has 0 bridgehead atoms. The van der Waals surface area contributed by atoms with Crippen LogP contribution in [0.15, 0.2) is 23.4 Å². The van der Waals surface area contributed by atoms with Crippen LogP contribution in [0.1, 0.15) is 5.56 Å². The van der Waals surface area contributed by atoms with Gasteiger partial charge in [0, 0.05) is 5.69 Å². The third kappa shape index (κ3) is 3.17. The van der Waals surface area contributed by atoms with Gasteiger partial charge in [-0.15, -0.1) is 0 Å². The molecule has 0 saturated heterocycles. The van der Waals surface area contributed by atoms with E-state index in [0.29, 0.717) is 0 Å². The molecule has 21 heavy (non-hydrogen) atoms. The molecule has 2 aromatic rings. The number of benzene rings is 1. The Morgan fingerprint density at radius 1 is 1.24 bits per heavy atom. The third-order valence-electron chi connectivity index (χ3n) is 2.52. The van der Waals surface area contributed by atoms with E-state index >= 15 is 0 Å². The Morgan fingerprint density at radius 3 is 2.38 bits per heavy atom. The van der Waals surface area contributed by atoms with Crippen LogP contribution >= 0.6 is 23.2 Å². The Morgan fingerprint density at radius 2 is 1.81 bits per heavy atom. The number of nitrogen functional groups attached to an aromatic ring is 1. The lowest BCUT2D eigenvalue weighted by Gasteiger charge is -2.12. The number of nitrogens with zero attached hydrogens (tertiary/aromatic N) is 2. The van der Waals surface area contributed by atoms with Crippen LogP contribution in [0.25, 0.3) is 0 Å².